The summed E-state index contributed by atoms with van der Waals surface area (Å²) in [4.78, 5) is 13.5. The van der Waals surface area contributed by atoms with Crippen LogP contribution in [-0.2, 0) is 4.79 Å². The Balaban J connectivity index is 1.88. The molecular weight excluding hydrogens is 466 g/mol. The average Bonchev–Trinajstić information content (AvgIpc) is 3.63. The summed E-state index contributed by atoms with van der Waals surface area (Å²) < 4.78 is 0. The third kappa shape index (κ3) is 20.3. The van der Waals surface area contributed by atoms with Crippen LogP contribution in [0.3, 0.4) is 0 Å². The van der Waals surface area contributed by atoms with Crippen LogP contribution in [0.5, 0.6) is 0 Å². The summed E-state index contributed by atoms with van der Waals surface area (Å²) in [6.07, 6.45) is 34.1. The third-order valence-electron chi connectivity index (χ3n) is 9.32. The Kier molecular flexibility index (Phi) is 22.6. The molecule has 1 saturated carbocycles. The lowest BCUT2D eigenvalue weighted by molar-refractivity contribution is -0.142. The number of hydrogen-bond acceptors (Lipinski definition) is 2. The fraction of sp³-hybridized carbons (Fsp3) is 0.971. The molecule has 1 N–H and O–H groups in total. The van der Waals surface area contributed by atoms with Gasteiger partial charge in [0.15, 0.2) is 0 Å². The van der Waals surface area contributed by atoms with E-state index in [-0.39, 0.29) is 5.92 Å². The molecule has 3 nitrogen and oxygen atoms in total. The van der Waals surface area contributed by atoms with Crippen molar-refractivity contribution in [2.24, 2.45) is 23.7 Å². The minimum Gasteiger partial charge on any atom is -0.481 e. The smallest absolute Gasteiger partial charge is 0.306 e. The Morgan fingerprint density at radius 3 is 1.50 bits per heavy atom. The zero-order valence-electron chi connectivity index (χ0n) is 26.5. The van der Waals surface area contributed by atoms with Crippen molar-refractivity contribution >= 4 is 5.97 Å². The number of unbranched alkanes of at least 4 members (excludes halogenated alkanes) is 15. The van der Waals surface area contributed by atoms with Gasteiger partial charge in [0.25, 0.3) is 0 Å². The van der Waals surface area contributed by atoms with Gasteiger partial charge in [-0.2, -0.15) is 0 Å². The molecule has 0 saturated heterocycles. The number of carboxylic acid groups (broad SMARTS) is 1. The van der Waals surface area contributed by atoms with E-state index in [1.165, 1.54) is 148 Å². The molecule has 1 fully saturated rings. The van der Waals surface area contributed by atoms with Gasteiger partial charge >= 0.3 is 5.97 Å². The standard InChI is InChI=1S/C35H69NO2/c1-5-7-8-9-14-19-24-31(30-36(3)4)25-20-15-12-10-11-13-16-22-27-33-29-34(33)28-23-18-17-21-26-32(6-2)35(37)38/h31-34H,5-30H2,1-4H3,(H,37,38). The number of carbonyl (C=O) groups is 1. The van der Waals surface area contributed by atoms with E-state index < -0.39 is 5.97 Å². The van der Waals surface area contributed by atoms with Crippen molar-refractivity contribution in [3.63, 3.8) is 0 Å². The van der Waals surface area contributed by atoms with Crippen molar-refractivity contribution in [1.82, 2.24) is 4.90 Å². The van der Waals surface area contributed by atoms with Gasteiger partial charge in [-0.1, -0.05) is 142 Å². The molecule has 0 spiro atoms. The van der Waals surface area contributed by atoms with Crippen molar-refractivity contribution in [1.29, 1.82) is 0 Å². The summed E-state index contributed by atoms with van der Waals surface area (Å²) in [6.45, 7) is 5.58. The van der Waals surface area contributed by atoms with Crippen molar-refractivity contribution in [2.75, 3.05) is 20.6 Å². The van der Waals surface area contributed by atoms with Gasteiger partial charge in [0.2, 0.25) is 0 Å². The van der Waals surface area contributed by atoms with Gasteiger partial charge in [-0.3, -0.25) is 4.79 Å². The topological polar surface area (TPSA) is 40.5 Å². The maximum absolute atomic E-state index is 11.1. The Morgan fingerprint density at radius 2 is 1.08 bits per heavy atom. The molecule has 38 heavy (non-hydrogen) atoms. The molecule has 0 amide bonds. The van der Waals surface area contributed by atoms with E-state index in [4.69, 9.17) is 5.11 Å². The third-order valence-corrected chi connectivity index (χ3v) is 9.32. The number of aliphatic carboxylic acids is 1. The lowest BCUT2D eigenvalue weighted by Gasteiger charge is -2.21. The van der Waals surface area contributed by atoms with Crippen molar-refractivity contribution in [3.8, 4) is 0 Å². The van der Waals surface area contributed by atoms with Crippen molar-refractivity contribution in [3.05, 3.63) is 0 Å². The van der Waals surface area contributed by atoms with E-state index in [9.17, 15) is 4.79 Å². The summed E-state index contributed by atoms with van der Waals surface area (Å²) in [7, 11) is 4.49. The second-order valence-corrected chi connectivity index (χ2v) is 13.3. The second kappa shape index (κ2) is 24.2. The first-order valence-corrected chi connectivity index (χ1v) is 17.3. The normalized spacial score (nSPS) is 18.7. The predicted molar refractivity (Wildman–Crippen MR) is 167 cm³/mol. The minimum absolute atomic E-state index is 0.117. The van der Waals surface area contributed by atoms with Gasteiger partial charge in [0, 0.05) is 6.54 Å². The maximum Gasteiger partial charge on any atom is 0.306 e. The summed E-state index contributed by atoms with van der Waals surface area (Å²) in [5.41, 5.74) is 0. The molecule has 1 aliphatic carbocycles. The molecule has 1 aliphatic rings. The van der Waals surface area contributed by atoms with Crippen LogP contribution < -0.4 is 0 Å². The van der Waals surface area contributed by atoms with Gasteiger partial charge in [0.05, 0.1) is 5.92 Å². The molecular formula is C35H69NO2. The summed E-state index contributed by atoms with van der Waals surface area (Å²) in [6, 6.07) is 0. The van der Waals surface area contributed by atoms with Crippen molar-refractivity contribution in [2.45, 2.75) is 174 Å². The molecule has 0 radical (unpaired) electrons. The van der Waals surface area contributed by atoms with Crippen LogP contribution in [0.4, 0.5) is 0 Å². The van der Waals surface area contributed by atoms with Gasteiger partial charge in [-0.15, -0.1) is 0 Å². The van der Waals surface area contributed by atoms with Crippen LogP contribution >= 0.6 is 0 Å². The van der Waals surface area contributed by atoms with Gasteiger partial charge in [0.1, 0.15) is 0 Å². The first kappa shape index (κ1) is 35.5. The van der Waals surface area contributed by atoms with E-state index in [1.807, 2.05) is 6.92 Å². The Morgan fingerprint density at radius 1 is 0.658 bits per heavy atom. The molecule has 1 rings (SSSR count). The highest BCUT2D eigenvalue weighted by Crippen LogP contribution is 2.45. The molecule has 0 aromatic rings. The molecule has 4 unspecified atom stereocenters. The fourth-order valence-electron chi connectivity index (χ4n) is 6.63. The van der Waals surface area contributed by atoms with E-state index in [0.717, 1.165) is 37.0 Å². The lowest BCUT2D eigenvalue weighted by Crippen LogP contribution is -2.21. The highest BCUT2D eigenvalue weighted by molar-refractivity contribution is 5.69. The molecule has 3 heteroatoms. The maximum atomic E-state index is 11.1. The van der Waals surface area contributed by atoms with Crippen LogP contribution in [0.2, 0.25) is 0 Å². The molecule has 0 bridgehead atoms. The molecule has 226 valence electrons. The van der Waals surface area contributed by atoms with Gasteiger partial charge in [-0.25, -0.2) is 0 Å². The van der Waals surface area contributed by atoms with Crippen LogP contribution in [0.1, 0.15) is 174 Å². The number of hydrogen-bond donors (Lipinski definition) is 1. The average molecular weight is 536 g/mol. The Hall–Kier alpha value is -0.570. The SMILES string of the molecule is CCCCCCCCC(CCCCCCCCCCC1CC1CCCCCCC(CC)C(=O)O)CN(C)C. The van der Waals surface area contributed by atoms with E-state index in [1.54, 1.807) is 0 Å². The molecule has 0 aromatic heterocycles. The number of nitrogens with zero attached hydrogens (tertiary/aromatic N) is 1. The summed E-state index contributed by atoms with van der Waals surface area (Å²) in [5.74, 6) is 2.26. The number of carboxylic acids is 1. The van der Waals surface area contributed by atoms with Crippen molar-refractivity contribution < 1.29 is 9.90 Å². The lowest BCUT2D eigenvalue weighted by atomic mass is 9.93. The highest BCUT2D eigenvalue weighted by Gasteiger charge is 2.35. The Labute approximate surface area is 239 Å². The van der Waals surface area contributed by atoms with Crippen LogP contribution in [0.25, 0.3) is 0 Å². The Bertz CT molecular complexity index is 534. The highest BCUT2D eigenvalue weighted by atomic mass is 16.4. The van der Waals surface area contributed by atoms with Crippen LogP contribution in [0, 0.1) is 23.7 Å². The molecule has 0 aromatic carbocycles. The van der Waals surface area contributed by atoms with Gasteiger partial charge in [-0.05, 0) is 64.0 Å². The largest absolute Gasteiger partial charge is 0.481 e. The fourth-order valence-corrected chi connectivity index (χ4v) is 6.63. The van der Waals surface area contributed by atoms with Gasteiger partial charge < -0.3 is 10.0 Å². The molecule has 0 heterocycles. The zero-order chi connectivity index (χ0) is 27.8. The second-order valence-electron chi connectivity index (χ2n) is 13.3. The number of rotatable bonds is 29. The molecule has 0 aliphatic heterocycles. The van der Waals surface area contributed by atoms with E-state index >= 15 is 0 Å². The van der Waals surface area contributed by atoms with E-state index in [2.05, 4.69) is 25.9 Å². The first-order chi connectivity index (χ1) is 18.5. The van der Waals surface area contributed by atoms with E-state index in [0.29, 0.717) is 0 Å². The predicted octanol–water partition coefficient (Wildman–Crippen LogP) is 10.9. The first-order valence-electron chi connectivity index (χ1n) is 17.3. The summed E-state index contributed by atoms with van der Waals surface area (Å²) in [5, 5.41) is 9.13. The monoisotopic (exact) mass is 536 g/mol. The zero-order valence-corrected chi connectivity index (χ0v) is 26.5. The van der Waals surface area contributed by atoms with Crippen LogP contribution in [-0.4, -0.2) is 36.6 Å². The quantitative estimate of drug-likeness (QED) is 0.0968. The minimum atomic E-state index is -0.605. The van der Waals surface area contributed by atoms with Crippen LogP contribution in [0.15, 0.2) is 0 Å². The molecule has 4 atom stereocenters. The summed E-state index contributed by atoms with van der Waals surface area (Å²) >= 11 is 0.